The summed E-state index contributed by atoms with van der Waals surface area (Å²) in [5.41, 5.74) is 9.04. The first-order chi connectivity index (χ1) is 65.5. The van der Waals surface area contributed by atoms with E-state index in [1.54, 1.807) is 19.1 Å². The normalized spacial score (nSPS) is 18.8. The molecule has 3 aliphatic carbocycles. The highest BCUT2D eigenvalue weighted by Gasteiger charge is 2.43. The highest BCUT2D eigenvalue weighted by molar-refractivity contribution is 7.87. The molecular weight excluding hydrogens is 1870 g/mol. The molecule has 3 aliphatic heterocycles. The van der Waals surface area contributed by atoms with Gasteiger partial charge in [0.05, 0.1) is 82.0 Å². The monoisotopic (exact) mass is 2030 g/mol. The molecule has 137 heavy (non-hydrogen) atoms. The van der Waals surface area contributed by atoms with Crippen molar-refractivity contribution in [2.45, 2.75) is 420 Å². The molecule has 32 heteroatoms. The van der Waals surface area contributed by atoms with Gasteiger partial charge in [-0.25, -0.2) is 0 Å². The molecule has 0 spiro atoms. The first-order valence-electron chi connectivity index (χ1n) is 51.3. The zero-order chi connectivity index (χ0) is 99.8. The van der Waals surface area contributed by atoms with Crippen LogP contribution in [0.15, 0.2) is 124 Å². The van der Waals surface area contributed by atoms with Crippen molar-refractivity contribution in [2.24, 2.45) is 0 Å². The lowest BCUT2D eigenvalue weighted by Crippen LogP contribution is -2.41. The maximum Gasteiger partial charge on any atom is 0.425 e. The Kier molecular flexibility index (Phi) is 54.3. The lowest BCUT2D eigenvalue weighted by Gasteiger charge is -2.36. The predicted octanol–water partition coefficient (Wildman–Crippen LogP) is 24.4. The third-order valence-electron chi connectivity index (χ3n) is 26.1. The summed E-state index contributed by atoms with van der Waals surface area (Å²) in [6.07, 6.45) is 38.7. The second kappa shape index (κ2) is 62.6. The van der Waals surface area contributed by atoms with E-state index in [1.807, 2.05) is 107 Å². The Morgan fingerprint density at radius 2 is 0.737 bits per heavy atom. The molecule has 3 atom stereocenters. The standard InChI is InChI=1S/C35H48O5S.C33H66O9S2.C26H36O5S.C11H16O4S.O3S/c36-41(37,40-22-21-35(38-23-24-39-35)31-19-11-4-12-20-31)34-32(28-15-7-2-8-16-28)25-30(27-13-5-1-6-14-27)26-33(34)29-17-9-3-10-18-29;1-4-7-10-13-16-17-18-21-24-31-40-32(25-27-38-43(34,35)29-22-19-14-11-8-5-2)42-33(41-31)26-28-39-44(36,37)30-23-20-15-12-9-6-3;1-18(2)21-16-23(19(3)4)25(24(17-21)20(5)6)32(27,28)31-13-12-26(29-14-15-30-26)22-10-8-7-9-11-22;1-9-4-6-11(7-5-9)16(12,13)15-10(2)8-14-3;1-4(2)3/h4,11-12,19-20,25-29H,1-3,5-10,13-18,21-24H2;31-33H,4-30H2,1-3H3;7-11,16-20H,12-15H2,1-6H3;4-7,10H,8H2,1-3H3;. The van der Waals surface area contributed by atoms with E-state index < -0.39 is 97.7 Å². The summed E-state index contributed by atoms with van der Waals surface area (Å²) in [7, 11) is -20.4. The van der Waals surface area contributed by atoms with Crippen molar-refractivity contribution in [2.75, 3.05) is 78.1 Å². The van der Waals surface area contributed by atoms with Crippen LogP contribution in [0.5, 0.6) is 0 Å². The van der Waals surface area contributed by atoms with E-state index in [2.05, 4.69) is 46.8 Å². The van der Waals surface area contributed by atoms with Crippen LogP contribution in [0.1, 0.15) is 412 Å². The van der Waals surface area contributed by atoms with Crippen molar-refractivity contribution in [3.8, 4) is 0 Å². The van der Waals surface area contributed by atoms with E-state index in [9.17, 15) is 42.1 Å². The summed E-state index contributed by atoms with van der Waals surface area (Å²) >= 11 is 0. The van der Waals surface area contributed by atoms with Crippen molar-refractivity contribution in [3.63, 3.8) is 0 Å². The highest BCUT2D eigenvalue weighted by Crippen LogP contribution is 2.48. The molecule has 3 heterocycles. The van der Waals surface area contributed by atoms with Crippen molar-refractivity contribution < 1.29 is 114 Å². The molecule has 26 nitrogen and oxygen atoms in total. The van der Waals surface area contributed by atoms with Gasteiger partial charge in [0, 0.05) is 43.9 Å². The van der Waals surface area contributed by atoms with E-state index in [4.69, 9.17) is 71.4 Å². The van der Waals surface area contributed by atoms with E-state index >= 15 is 0 Å². The smallest absolute Gasteiger partial charge is 0.382 e. The van der Waals surface area contributed by atoms with Gasteiger partial charge in [0.2, 0.25) is 0 Å². The van der Waals surface area contributed by atoms with E-state index in [0.717, 1.165) is 134 Å². The average Bonchev–Trinajstić information content (AvgIpc) is 1.59. The van der Waals surface area contributed by atoms with Crippen LogP contribution in [0.2, 0.25) is 0 Å². The van der Waals surface area contributed by atoms with Gasteiger partial charge in [0.15, 0.2) is 30.4 Å². The van der Waals surface area contributed by atoms with Crippen LogP contribution in [-0.4, -0.2) is 158 Å². The highest BCUT2D eigenvalue weighted by atomic mass is 32.2. The number of ether oxygens (including phenoxy) is 8. The number of methoxy groups -OCH3 is 1. The Bertz CT molecular complexity index is 4800. The summed E-state index contributed by atoms with van der Waals surface area (Å²) in [5, 5.41) is 0. The average molecular weight is 2040 g/mol. The van der Waals surface area contributed by atoms with Crippen LogP contribution < -0.4 is 0 Å². The molecule has 0 radical (unpaired) electrons. The van der Waals surface area contributed by atoms with Crippen LogP contribution in [0.25, 0.3) is 0 Å². The van der Waals surface area contributed by atoms with Gasteiger partial charge >= 0.3 is 10.6 Å². The Morgan fingerprint density at radius 1 is 0.387 bits per heavy atom. The van der Waals surface area contributed by atoms with Gasteiger partial charge in [-0.05, 0) is 159 Å². The molecule has 3 unspecified atom stereocenters. The molecular formula is C105H166O26S6. The summed E-state index contributed by atoms with van der Waals surface area (Å²) in [6, 6.07) is 34.6. The van der Waals surface area contributed by atoms with Gasteiger partial charge in [0.25, 0.3) is 50.6 Å². The van der Waals surface area contributed by atoms with Crippen LogP contribution in [0, 0.1) is 6.92 Å². The van der Waals surface area contributed by atoms with E-state index in [0.29, 0.717) is 85.6 Å². The summed E-state index contributed by atoms with van der Waals surface area (Å²) in [4.78, 5) is 0.993. The molecule has 0 bridgehead atoms. The van der Waals surface area contributed by atoms with Crippen LogP contribution >= 0.6 is 0 Å². The molecule has 778 valence electrons. The first-order valence-corrected chi connectivity index (χ1v) is 59.7. The Labute approximate surface area is 826 Å². The van der Waals surface area contributed by atoms with Crippen molar-refractivity contribution in [3.05, 3.63) is 159 Å². The minimum Gasteiger partial charge on any atom is -0.382 e. The van der Waals surface area contributed by atoms with Crippen molar-refractivity contribution >= 4 is 61.2 Å². The van der Waals surface area contributed by atoms with Gasteiger partial charge in [0.1, 0.15) is 9.79 Å². The minimum atomic E-state index is -3.98. The number of rotatable bonds is 54. The summed E-state index contributed by atoms with van der Waals surface area (Å²) in [6.45, 7) is 24.5. The molecule has 6 fully saturated rings. The molecule has 5 aromatic rings. The minimum absolute atomic E-state index is 0.0167. The number of hydrogen-bond donors (Lipinski definition) is 0. The molecule has 0 N–H and O–H groups in total. The lowest BCUT2D eigenvalue weighted by molar-refractivity contribution is -0.386. The molecule has 11 rings (SSSR count). The zero-order valence-corrected chi connectivity index (χ0v) is 89.2. The topological polar surface area (TPSA) is 342 Å². The molecule has 6 aliphatic rings. The molecule has 0 amide bonds. The maximum absolute atomic E-state index is 14.4. The van der Waals surface area contributed by atoms with Crippen molar-refractivity contribution in [1.82, 2.24) is 0 Å². The number of benzene rings is 5. The van der Waals surface area contributed by atoms with Crippen LogP contribution in [0.3, 0.4) is 0 Å². The quantitative estimate of drug-likeness (QED) is 0.0258. The van der Waals surface area contributed by atoms with E-state index in [-0.39, 0.29) is 80.5 Å². The lowest BCUT2D eigenvalue weighted by atomic mass is 9.76. The number of unbranched alkanes of at least 4 members (excludes halogenated alkanes) is 17. The fourth-order valence-corrected chi connectivity index (χ4v) is 24.8. The van der Waals surface area contributed by atoms with Gasteiger partial charge in [-0.1, -0.05) is 332 Å². The van der Waals surface area contributed by atoms with Crippen molar-refractivity contribution in [1.29, 1.82) is 0 Å². The second-order valence-electron chi connectivity index (χ2n) is 38.3. The molecule has 5 aromatic carbocycles. The maximum atomic E-state index is 14.4. The SMILES string of the molecule is CC(C)c1cc(C(C)C)c(S(=O)(=O)OCCC2(c3ccccc3)OCCO2)c(C(C)C)c1.CCCCCCCCCCC1OC(CCOS(=O)(=O)CCCCCCCC)OC(CCOS(=O)(=O)CCCCCCCC)O1.COCC(C)OS(=O)(=O)c1ccc(C)cc1.O=S(=O)(OCCC1(c2ccccc2)OCCO1)c1c(C2CCCCC2)cc(C2CCCCC2)cc1C1CCCCC1.O=S(=O)=O. The largest absolute Gasteiger partial charge is 0.425 e. The number of hydrogen-bond acceptors (Lipinski definition) is 26. The van der Waals surface area contributed by atoms with Crippen LogP contribution in [-0.2, 0) is 132 Å². The van der Waals surface area contributed by atoms with Gasteiger partial charge in [-0.15, -0.1) is 12.6 Å². The first kappa shape index (κ1) is 119. The summed E-state index contributed by atoms with van der Waals surface area (Å²) < 4.78 is 228. The van der Waals surface area contributed by atoms with Gasteiger partial charge < -0.3 is 37.9 Å². The summed E-state index contributed by atoms with van der Waals surface area (Å²) in [5.74, 6) is -0.349. The Hall–Kier alpha value is -5.05. The molecule has 0 aromatic heterocycles. The molecule has 3 saturated carbocycles. The predicted molar refractivity (Wildman–Crippen MR) is 536 cm³/mol. The fourth-order valence-electron chi connectivity index (χ4n) is 18.6. The van der Waals surface area contributed by atoms with Crippen LogP contribution in [0.4, 0.5) is 0 Å². The van der Waals surface area contributed by atoms with Gasteiger partial charge in [-0.3, -0.25) is 20.9 Å². The molecule has 3 saturated heterocycles. The second-order valence-corrected chi connectivity index (χ2v) is 46.9. The third-order valence-corrected chi connectivity index (χ3v) is 33.1. The third kappa shape index (κ3) is 42.3. The van der Waals surface area contributed by atoms with E-state index in [1.165, 1.54) is 147 Å². The Morgan fingerprint density at radius 3 is 1.10 bits per heavy atom. The van der Waals surface area contributed by atoms with Gasteiger partial charge in [-0.2, -0.15) is 42.1 Å². The number of aryl methyl sites for hydroxylation is 1. The zero-order valence-electron chi connectivity index (χ0n) is 84.3. The fraction of sp³-hybridized carbons (Fsp3) is 0.714. The Balaban J connectivity index is 0.000000256.